The van der Waals surface area contributed by atoms with E-state index in [1.54, 1.807) is 6.07 Å². The Bertz CT molecular complexity index is 3100. The Hall–Kier alpha value is -7.99. The standard InChI is InChI=1S/C52H30N4O/c53-31-33-27-34(32-54)29-38(28-33)40-13-10-16-45-50(40)41-30-37(25-26-42(41)52(45)43-14-4-8-19-48(43)57-49-20-9-5-15-44(49)52)35-21-23-36(24-22-35)51-55-46-17-6-7-18-47(46)56(51)39-11-2-1-3-12-39/h1-30H. The van der Waals surface area contributed by atoms with Crippen LogP contribution in [0, 0.1) is 22.7 Å². The molecule has 264 valence electrons. The Morgan fingerprint density at radius 2 is 1.09 bits per heavy atom. The first-order valence-corrected chi connectivity index (χ1v) is 18.9. The van der Waals surface area contributed by atoms with Crippen LogP contribution in [0.1, 0.15) is 33.4 Å². The van der Waals surface area contributed by atoms with E-state index in [9.17, 15) is 10.5 Å². The SMILES string of the molecule is N#Cc1cc(C#N)cc(-c2cccc3c2-c2cc(-c4ccc(-c5nc6ccccc6n5-c5ccccc5)cc4)ccc2C32c3ccccc3Oc3ccccc32)c1. The molecule has 57 heavy (non-hydrogen) atoms. The highest BCUT2D eigenvalue weighted by Gasteiger charge is 2.51. The molecule has 0 atom stereocenters. The first kappa shape index (κ1) is 32.4. The van der Waals surface area contributed by atoms with Crippen molar-refractivity contribution in [3.8, 4) is 74.1 Å². The van der Waals surface area contributed by atoms with Crippen LogP contribution in [-0.2, 0) is 5.41 Å². The highest BCUT2D eigenvalue weighted by atomic mass is 16.5. The lowest BCUT2D eigenvalue weighted by Crippen LogP contribution is -2.32. The molecule has 2 heterocycles. The third kappa shape index (κ3) is 4.77. The van der Waals surface area contributed by atoms with E-state index in [1.807, 2.05) is 48.5 Å². The summed E-state index contributed by atoms with van der Waals surface area (Å²) in [6, 6.07) is 67.2. The van der Waals surface area contributed by atoms with Gasteiger partial charge in [-0.15, -0.1) is 0 Å². The molecule has 8 aromatic carbocycles. The Morgan fingerprint density at radius 1 is 0.474 bits per heavy atom. The minimum absolute atomic E-state index is 0.450. The second-order valence-electron chi connectivity index (χ2n) is 14.5. The van der Waals surface area contributed by atoms with Gasteiger partial charge in [0.2, 0.25) is 0 Å². The van der Waals surface area contributed by atoms with Crippen molar-refractivity contribution in [2.75, 3.05) is 0 Å². The van der Waals surface area contributed by atoms with Gasteiger partial charge in [0.15, 0.2) is 0 Å². The average Bonchev–Trinajstić information content (AvgIpc) is 3.81. The number of aromatic nitrogens is 2. The number of nitrogens with zero attached hydrogens (tertiary/aromatic N) is 4. The van der Waals surface area contributed by atoms with Crippen LogP contribution in [-0.4, -0.2) is 9.55 Å². The summed E-state index contributed by atoms with van der Waals surface area (Å²) < 4.78 is 8.81. The molecule has 5 heteroatoms. The molecule has 9 aromatic rings. The molecule has 2 aliphatic rings. The van der Waals surface area contributed by atoms with Gasteiger partial charge in [0.05, 0.1) is 39.7 Å². The van der Waals surface area contributed by atoms with Gasteiger partial charge in [0.25, 0.3) is 0 Å². The zero-order valence-electron chi connectivity index (χ0n) is 30.5. The van der Waals surface area contributed by atoms with Crippen LogP contribution in [0.3, 0.4) is 0 Å². The number of rotatable bonds is 4. The molecule has 0 amide bonds. The number of hydrogen-bond acceptors (Lipinski definition) is 4. The lowest BCUT2D eigenvalue weighted by atomic mass is 9.66. The summed E-state index contributed by atoms with van der Waals surface area (Å²) in [5.74, 6) is 2.52. The van der Waals surface area contributed by atoms with Crippen LogP contribution in [0.4, 0.5) is 0 Å². The molecule has 1 aromatic heterocycles. The highest BCUT2D eigenvalue weighted by Crippen LogP contribution is 2.63. The molecule has 0 saturated carbocycles. The third-order valence-corrected chi connectivity index (χ3v) is 11.5. The van der Waals surface area contributed by atoms with Gasteiger partial charge in [0.1, 0.15) is 17.3 Å². The van der Waals surface area contributed by atoms with Gasteiger partial charge in [-0.3, -0.25) is 4.57 Å². The molecule has 5 nitrogen and oxygen atoms in total. The van der Waals surface area contributed by atoms with E-state index in [1.165, 1.54) is 0 Å². The minimum Gasteiger partial charge on any atom is -0.457 e. The monoisotopic (exact) mass is 726 g/mol. The van der Waals surface area contributed by atoms with Gasteiger partial charge < -0.3 is 4.74 Å². The Morgan fingerprint density at radius 3 is 1.81 bits per heavy atom. The fourth-order valence-corrected chi connectivity index (χ4v) is 9.16. The van der Waals surface area contributed by atoms with Gasteiger partial charge in [-0.25, -0.2) is 4.98 Å². The maximum absolute atomic E-state index is 9.98. The number of benzene rings is 8. The summed E-state index contributed by atoms with van der Waals surface area (Å²) >= 11 is 0. The van der Waals surface area contributed by atoms with Gasteiger partial charge in [-0.1, -0.05) is 121 Å². The van der Waals surface area contributed by atoms with Crippen molar-refractivity contribution >= 4 is 11.0 Å². The molecule has 1 aliphatic heterocycles. The fraction of sp³-hybridized carbons (Fsp3) is 0.0192. The van der Waals surface area contributed by atoms with E-state index >= 15 is 0 Å². The summed E-state index contributed by atoms with van der Waals surface area (Å²) in [5, 5.41) is 20.0. The number of hydrogen-bond donors (Lipinski definition) is 0. The zero-order chi connectivity index (χ0) is 38.1. The normalized spacial score (nSPS) is 12.8. The number of imidazole rings is 1. The number of fused-ring (bicyclic) bond motifs is 10. The third-order valence-electron chi connectivity index (χ3n) is 11.5. The van der Waals surface area contributed by atoms with Gasteiger partial charge >= 0.3 is 0 Å². The topological polar surface area (TPSA) is 74.6 Å². The molecule has 0 fully saturated rings. The first-order chi connectivity index (χ1) is 28.1. The lowest BCUT2D eigenvalue weighted by molar-refractivity contribution is 0.436. The van der Waals surface area contributed by atoms with E-state index < -0.39 is 5.41 Å². The Kier molecular flexibility index (Phi) is 7.13. The van der Waals surface area contributed by atoms with Crippen molar-refractivity contribution in [1.82, 2.24) is 9.55 Å². The molecule has 1 spiro atoms. The molecule has 0 radical (unpaired) electrons. The van der Waals surface area contributed by atoms with Crippen molar-refractivity contribution in [1.29, 1.82) is 10.5 Å². The molecule has 11 rings (SSSR count). The zero-order valence-corrected chi connectivity index (χ0v) is 30.5. The highest BCUT2D eigenvalue weighted by molar-refractivity contribution is 5.98. The molecule has 0 N–H and O–H groups in total. The summed E-state index contributed by atoms with van der Waals surface area (Å²) in [6.07, 6.45) is 0. The van der Waals surface area contributed by atoms with Crippen molar-refractivity contribution in [3.63, 3.8) is 0 Å². The van der Waals surface area contributed by atoms with Gasteiger partial charge in [-0.05, 0) is 105 Å². The second kappa shape index (κ2) is 12.5. The maximum Gasteiger partial charge on any atom is 0.145 e. The number of nitriles is 2. The smallest absolute Gasteiger partial charge is 0.145 e. The Labute approximate surface area is 329 Å². The van der Waals surface area contributed by atoms with Gasteiger partial charge in [-0.2, -0.15) is 10.5 Å². The van der Waals surface area contributed by atoms with E-state index in [4.69, 9.17) is 9.72 Å². The minimum atomic E-state index is -0.671. The molecule has 0 bridgehead atoms. The van der Waals surface area contributed by atoms with Crippen LogP contribution in [0.25, 0.3) is 61.5 Å². The predicted molar refractivity (Wildman–Crippen MR) is 224 cm³/mol. The van der Waals surface area contributed by atoms with Crippen molar-refractivity contribution in [2.45, 2.75) is 5.41 Å². The Balaban J connectivity index is 1.13. The largest absolute Gasteiger partial charge is 0.457 e. The van der Waals surface area contributed by atoms with Gasteiger partial charge in [0, 0.05) is 22.4 Å². The fourth-order valence-electron chi connectivity index (χ4n) is 9.16. The molecular formula is C52H30N4O. The summed E-state index contributed by atoms with van der Waals surface area (Å²) in [6.45, 7) is 0. The summed E-state index contributed by atoms with van der Waals surface area (Å²) in [7, 11) is 0. The summed E-state index contributed by atoms with van der Waals surface area (Å²) in [4.78, 5) is 5.09. The quantitative estimate of drug-likeness (QED) is 0.181. The second-order valence-corrected chi connectivity index (χ2v) is 14.5. The lowest BCUT2D eigenvalue weighted by Gasteiger charge is -2.39. The molecule has 0 unspecified atom stereocenters. The number of para-hydroxylation sites is 5. The van der Waals surface area contributed by atoms with Crippen molar-refractivity contribution in [3.05, 3.63) is 215 Å². The van der Waals surface area contributed by atoms with Crippen LogP contribution < -0.4 is 4.74 Å². The van der Waals surface area contributed by atoms with Crippen LogP contribution in [0.2, 0.25) is 0 Å². The molecular weight excluding hydrogens is 697 g/mol. The molecule has 0 saturated heterocycles. The maximum atomic E-state index is 9.98. The van der Waals surface area contributed by atoms with Crippen molar-refractivity contribution < 1.29 is 4.74 Å². The van der Waals surface area contributed by atoms with Crippen LogP contribution >= 0.6 is 0 Å². The van der Waals surface area contributed by atoms with Crippen LogP contribution in [0.15, 0.2) is 182 Å². The van der Waals surface area contributed by atoms with E-state index in [2.05, 4.69) is 144 Å². The van der Waals surface area contributed by atoms with E-state index in [0.29, 0.717) is 11.1 Å². The molecule has 1 aliphatic carbocycles. The van der Waals surface area contributed by atoms with Crippen LogP contribution in [0.5, 0.6) is 11.5 Å². The average molecular weight is 727 g/mol. The summed E-state index contributed by atoms with van der Waals surface area (Å²) in [5.41, 5.74) is 14.9. The van der Waals surface area contributed by atoms with E-state index in [-0.39, 0.29) is 0 Å². The van der Waals surface area contributed by atoms with E-state index in [0.717, 1.165) is 95.2 Å². The first-order valence-electron chi connectivity index (χ1n) is 18.9. The van der Waals surface area contributed by atoms with Crippen molar-refractivity contribution in [2.24, 2.45) is 0 Å². The predicted octanol–water partition coefficient (Wildman–Crippen LogP) is 12.2. The number of ether oxygens (including phenoxy) is 1.